The molecule has 1 aromatic carbocycles. The predicted octanol–water partition coefficient (Wildman–Crippen LogP) is 2.26. The molecule has 0 aliphatic carbocycles. The lowest BCUT2D eigenvalue weighted by atomic mass is 9.86. The van der Waals surface area contributed by atoms with E-state index in [-0.39, 0.29) is 0 Å². The Labute approximate surface area is 129 Å². The van der Waals surface area contributed by atoms with E-state index in [1.807, 2.05) is 0 Å². The van der Waals surface area contributed by atoms with Gasteiger partial charge in [0, 0.05) is 25.8 Å². The van der Waals surface area contributed by atoms with Gasteiger partial charge in [0.2, 0.25) is 0 Å². The molecule has 1 unspecified atom stereocenters. The van der Waals surface area contributed by atoms with Gasteiger partial charge in [-0.25, -0.2) is 0 Å². The molecule has 1 aliphatic heterocycles. The fourth-order valence-corrected chi connectivity index (χ4v) is 2.42. The number of hydrogen-bond donors (Lipinski definition) is 0. The van der Waals surface area contributed by atoms with Crippen LogP contribution in [0.1, 0.15) is 32.3 Å². The molecule has 0 aromatic heterocycles. The van der Waals surface area contributed by atoms with E-state index in [0.29, 0.717) is 11.5 Å². The first-order valence-corrected chi connectivity index (χ1v) is 6.96. The molecule has 0 N–H and O–H groups in total. The Morgan fingerprint density at radius 2 is 1.45 bits per heavy atom. The molecular weight excluding hydrogens is 288 g/mol. The third-order valence-electron chi connectivity index (χ3n) is 3.60. The molecule has 1 atom stereocenters. The summed E-state index contributed by atoms with van der Waals surface area (Å²) in [6, 6.07) is 5.23. The number of methoxy groups -OCH3 is 2. The summed E-state index contributed by atoms with van der Waals surface area (Å²) in [5.41, 5.74) is 0.731. The molecule has 22 heavy (non-hydrogen) atoms. The molecule has 1 fully saturated rings. The first kappa shape index (κ1) is 16.1. The lowest BCUT2D eigenvalue weighted by molar-refractivity contribution is -0.240. The largest absolute Gasteiger partial charge is 0.497 e. The highest BCUT2D eigenvalue weighted by atomic mass is 16.7. The van der Waals surface area contributed by atoms with E-state index in [4.69, 9.17) is 18.9 Å². The zero-order valence-corrected chi connectivity index (χ0v) is 13.3. The quantitative estimate of drug-likeness (QED) is 0.627. The average Bonchev–Trinajstić information content (AvgIpc) is 2.44. The topological polar surface area (TPSA) is 71.1 Å². The fraction of sp³-hybridized carbons (Fsp3) is 0.500. The van der Waals surface area contributed by atoms with Crippen LogP contribution in [0.3, 0.4) is 0 Å². The maximum atomic E-state index is 12.2. The number of esters is 2. The average molecular weight is 308 g/mol. The fourth-order valence-electron chi connectivity index (χ4n) is 2.42. The van der Waals surface area contributed by atoms with Crippen molar-refractivity contribution in [1.29, 1.82) is 0 Å². The molecule has 120 valence electrons. The Morgan fingerprint density at radius 3 is 1.86 bits per heavy atom. The second kappa shape index (κ2) is 5.87. The van der Waals surface area contributed by atoms with E-state index >= 15 is 0 Å². The summed E-state index contributed by atoms with van der Waals surface area (Å²) in [6.45, 7) is 4.82. The molecule has 6 nitrogen and oxygen atoms in total. The van der Waals surface area contributed by atoms with Gasteiger partial charge in [-0.2, -0.15) is 0 Å². The summed E-state index contributed by atoms with van der Waals surface area (Å²) in [7, 11) is 3.07. The molecule has 0 bridgehead atoms. The maximum absolute atomic E-state index is 12.2. The highest BCUT2D eigenvalue weighted by Gasteiger charge is 2.46. The van der Waals surface area contributed by atoms with Crippen molar-refractivity contribution in [2.24, 2.45) is 5.92 Å². The van der Waals surface area contributed by atoms with Gasteiger partial charge in [0.25, 0.3) is 5.79 Å². The third kappa shape index (κ3) is 3.16. The highest BCUT2D eigenvalue weighted by Crippen LogP contribution is 2.36. The molecule has 0 radical (unpaired) electrons. The van der Waals surface area contributed by atoms with Crippen molar-refractivity contribution in [2.45, 2.75) is 32.5 Å². The number of hydrogen-bond acceptors (Lipinski definition) is 6. The van der Waals surface area contributed by atoms with Crippen LogP contribution in [0, 0.1) is 5.92 Å². The molecule has 1 saturated heterocycles. The predicted molar refractivity (Wildman–Crippen MR) is 77.7 cm³/mol. The van der Waals surface area contributed by atoms with Gasteiger partial charge in [-0.3, -0.25) is 9.59 Å². The maximum Gasteiger partial charge on any atom is 0.324 e. The summed E-state index contributed by atoms with van der Waals surface area (Å²) in [5, 5.41) is 0. The minimum absolute atomic E-state index is 0.430. The Hall–Kier alpha value is -2.24. The SMILES string of the molecule is COc1cc(OC)cc(C(C)C2C(=O)OC(C)(C)OC2=O)c1. The van der Waals surface area contributed by atoms with Crippen molar-refractivity contribution in [1.82, 2.24) is 0 Å². The van der Waals surface area contributed by atoms with E-state index in [1.165, 1.54) is 28.1 Å². The lowest BCUT2D eigenvalue weighted by Crippen LogP contribution is -2.47. The zero-order valence-electron chi connectivity index (χ0n) is 13.3. The first-order chi connectivity index (χ1) is 10.3. The van der Waals surface area contributed by atoms with Gasteiger partial charge in [0.05, 0.1) is 14.2 Å². The minimum atomic E-state index is -1.23. The Kier molecular flexibility index (Phi) is 4.30. The van der Waals surface area contributed by atoms with Gasteiger partial charge in [0.15, 0.2) is 5.92 Å². The summed E-state index contributed by atoms with van der Waals surface area (Å²) in [4.78, 5) is 24.3. The summed E-state index contributed by atoms with van der Waals surface area (Å²) in [6.07, 6.45) is 0. The molecule has 1 aromatic rings. The summed E-state index contributed by atoms with van der Waals surface area (Å²) in [5.74, 6) is -2.68. The molecule has 2 rings (SSSR count). The number of cyclic esters (lactones) is 2. The molecule has 0 spiro atoms. The summed E-state index contributed by atoms with van der Waals surface area (Å²) >= 11 is 0. The second-order valence-electron chi connectivity index (χ2n) is 5.65. The molecular formula is C16H20O6. The van der Waals surface area contributed by atoms with Crippen LogP contribution in [-0.4, -0.2) is 31.9 Å². The van der Waals surface area contributed by atoms with Gasteiger partial charge in [-0.15, -0.1) is 0 Å². The molecule has 1 heterocycles. The monoisotopic (exact) mass is 308 g/mol. The van der Waals surface area contributed by atoms with Crippen LogP contribution >= 0.6 is 0 Å². The Balaban J connectivity index is 2.33. The Morgan fingerprint density at radius 1 is 1.00 bits per heavy atom. The highest BCUT2D eigenvalue weighted by molar-refractivity contribution is 5.97. The van der Waals surface area contributed by atoms with Crippen LogP contribution in [0.2, 0.25) is 0 Å². The molecule has 0 saturated carbocycles. The first-order valence-electron chi connectivity index (χ1n) is 6.96. The van der Waals surface area contributed by atoms with E-state index in [1.54, 1.807) is 25.1 Å². The zero-order chi connectivity index (χ0) is 16.5. The van der Waals surface area contributed by atoms with Crippen LogP contribution in [0.4, 0.5) is 0 Å². The van der Waals surface area contributed by atoms with Crippen LogP contribution in [-0.2, 0) is 19.1 Å². The van der Waals surface area contributed by atoms with Crippen molar-refractivity contribution in [3.8, 4) is 11.5 Å². The minimum Gasteiger partial charge on any atom is -0.497 e. The smallest absolute Gasteiger partial charge is 0.324 e. The van der Waals surface area contributed by atoms with Crippen molar-refractivity contribution < 1.29 is 28.5 Å². The molecule has 0 amide bonds. The van der Waals surface area contributed by atoms with Gasteiger partial charge in [-0.05, 0) is 17.7 Å². The van der Waals surface area contributed by atoms with Crippen molar-refractivity contribution in [3.05, 3.63) is 23.8 Å². The van der Waals surface area contributed by atoms with Crippen LogP contribution in [0.15, 0.2) is 18.2 Å². The van der Waals surface area contributed by atoms with E-state index in [0.717, 1.165) is 5.56 Å². The van der Waals surface area contributed by atoms with Crippen LogP contribution < -0.4 is 9.47 Å². The third-order valence-corrected chi connectivity index (χ3v) is 3.60. The summed E-state index contributed by atoms with van der Waals surface area (Å²) < 4.78 is 20.8. The number of carbonyl (C=O) groups excluding carboxylic acids is 2. The van der Waals surface area contributed by atoms with Gasteiger partial charge >= 0.3 is 11.9 Å². The second-order valence-corrected chi connectivity index (χ2v) is 5.65. The Bertz CT molecular complexity index is 550. The van der Waals surface area contributed by atoms with Crippen LogP contribution in [0.25, 0.3) is 0 Å². The molecule has 6 heteroatoms. The van der Waals surface area contributed by atoms with E-state index < -0.39 is 29.6 Å². The number of benzene rings is 1. The standard InChI is InChI=1S/C16H20O6/c1-9(10-6-11(19-4)8-12(7-10)20-5)13-14(17)21-16(2,3)22-15(13)18/h6-9,13H,1-5H3. The van der Waals surface area contributed by atoms with Gasteiger partial charge in [0.1, 0.15) is 11.5 Å². The van der Waals surface area contributed by atoms with Crippen molar-refractivity contribution in [3.63, 3.8) is 0 Å². The number of rotatable bonds is 4. The van der Waals surface area contributed by atoms with Crippen LogP contribution in [0.5, 0.6) is 11.5 Å². The normalized spacial score (nSPS) is 19.1. The van der Waals surface area contributed by atoms with Gasteiger partial charge in [-0.1, -0.05) is 6.92 Å². The van der Waals surface area contributed by atoms with Gasteiger partial charge < -0.3 is 18.9 Å². The number of ether oxygens (including phenoxy) is 4. The van der Waals surface area contributed by atoms with Crippen molar-refractivity contribution >= 4 is 11.9 Å². The molecule has 1 aliphatic rings. The number of carbonyl (C=O) groups is 2. The van der Waals surface area contributed by atoms with E-state index in [9.17, 15) is 9.59 Å². The van der Waals surface area contributed by atoms with E-state index in [2.05, 4.69) is 0 Å². The lowest BCUT2D eigenvalue weighted by Gasteiger charge is -2.35. The van der Waals surface area contributed by atoms with Crippen molar-refractivity contribution in [2.75, 3.05) is 14.2 Å².